The van der Waals surface area contributed by atoms with Crippen LogP contribution in [0.4, 0.5) is 0 Å². The van der Waals surface area contributed by atoms with Crippen LogP contribution in [0.25, 0.3) is 0 Å². The van der Waals surface area contributed by atoms with E-state index in [1.807, 2.05) is 0 Å². The minimum Gasteiger partial charge on any atom is -0.344 e. The Balaban J connectivity index is 2.41. The van der Waals surface area contributed by atoms with E-state index in [1.165, 1.54) is 0 Å². The van der Waals surface area contributed by atoms with Gasteiger partial charge in [0.2, 0.25) is 5.91 Å². The normalized spacial score (nSPS) is 25.7. The summed E-state index contributed by atoms with van der Waals surface area (Å²) in [6, 6.07) is -0.0661. The number of guanidine groups is 1. The highest BCUT2D eigenvalue weighted by Gasteiger charge is 2.26. The molecule has 12 heavy (non-hydrogen) atoms. The molecule has 1 unspecified atom stereocenters. The molecule has 0 saturated carbocycles. The van der Waals surface area contributed by atoms with Gasteiger partial charge in [0, 0.05) is 7.05 Å². The number of unbranched alkanes of at least 4 members (excludes halogenated alkanes) is 1. The van der Waals surface area contributed by atoms with Crippen LogP contribution in [0.2, 0.25) is 0 Å². The van der Waals surface area contributed by atoms with Gasteiger partial charge in [-0.25, -0.2) is 0 Å². The zero-order valence-corrected chi connectivity index (χ0v) is 7.55. The summed E-state index contributed by atoms with van der Waals surface area (Å²) < 4.78 is 0. The lowest BCUT2D eigenvalue weighted by Crippen LogP contribution is -2.28. The van der Waals surface area contributed by atoms with E-state index in [1.54, 1.807) is 7.05 Å². The Labute approximate surface area is 72.4 Å². The molecule has 68 valence electrons. The minimum atomic E-state index is -0.0661. The molecule has 0 aliphatic carbocycles. The number of carbonyl (C=O) groups is 1. The van der Waals surface area contributed by atoms with Crippen molar-refractivity contribution in [2.24, 2.45) is 4.99 Å². The highest BCUT2D eigenvalue weighted by molar-refractivity contribution is 6.06. The summed E-state index contributed by atoms with van der Waals surface area (Å²) in [5, 5.41) is 5.68. The van der Waals surface area contributed by atoms with Crippen LogP contribution in [0, 0.1) is 0 Å². The molecule has 0 aromatic carbocycles. The van der Waals surface area contributed by atoms with Gasteiger partial charge in [-0.05, 0) is 6.42 Å². The van der Waals surface area contributed by atoms with Crippen LogP contribution in [0.3, 0.4) is 0 Å². The lowest BCUT2D eigenvalue weighted by molar-refractivity contribution is -0.120. The first kappa shape index (κ1) is 9.03. The van der Waals surface area contributed by atoms with Crippen LogP contribution in [-0.4, -0.2) is 25.0 Å². The first-order valence-corrected chi connectivity index (χ1v) is 4.32. The molecule has 1 atom stereocenters. The Hall–Kier alpha value is -1.06. The minimum absolute atomic E-state index is 0.0454. The monoisotopic (exact) mass is 169 g/mol. The summed E-state index contributed by atoms with van der Waals surface area (Å²) in [7, 11) is 1.66. The van der Waals surface area contributed by atoms with Crippen molar-refractivity contribution in [2.75, 3.05) is 7.05 Å². The smallest absolute Gasteiger partial charge is 0.249 e. The SMILES string of the molecule is CCCCC1NC(=NC)NC1=O. The van der Waals surface area contributed by atoms with E-state index in [0.29, 0.717) is 5.96 Å². The van der Waals surface area contributed by atoms with Gasteiger partial charge in [0.05, 0.1) is 0 Å². The summed E-state index contributed by atoms with van der Waals surface area (Å²) in [6.07, 6.45) is 3.08. The summed E-state index contributed by atoms with van der Waals surface area (Å²) in [4.78, 5) is 15.1. The second kappa shape index (κ2) is 4.09. The van der Waals surface area contributed by atoms with E-state index in [0.717, 1.165) is 19.3 Å². The second-order valence-electron chi connectivity index (χ2n) is 2.90. The van der Waals surface area contributed by atoms with E-state index >= 15 is 0 Å². The van der Waals surface area contributed by atoms with Crippen molar-refractivity contribution in [1.82, 2.24) is 10.6 Å². The number of nitrogens with one attached hydrogen (secondary N) is 2. The maximum Gasteiger partial charge on any atom is 0.249 e. The Kier molecular flexibility index (Phi) is 3.08. The number of carbonyl (C=O) groups excluding carboxylic acids is 1. The van der Waals surface area contributed by atoms with E-state index < -0.39 is 0 Å². The van der Waals surface area contributed by atoms with Crippen molar-refractivity contribution in [2.45, 2.75) is 32.2 Å². The zero-order valence-electron chi connectivity index (χ0n) is 7.55. The quantitative estimate of drug-likeness (QED) is 0.636. The molecule has 1 rings (SSSR count). The van der Waals surface area contributed by atoms with Gasteiger partial charge in [-0.3, -0.25) is 15.1 Å². The van der Waals surface area contributed by atoms with Crippen molar-refractivity contribution in [3.8, 4) is 0 Å². The van der Waals surface area contributed by atoms with Crippen LogP contribution in [0.1, 0.15) is 26.2 Å². The molecule has 1 amide bonds. The fourth-order valence-electron chi connectivity index (χ4n) is 1.20. The van der Waals surface area contributed by atoms with Gasteiger partial charge in [0.1, 0.15) is 6.04 Å². The lowest BCUT2D eigenvalue weighted by Gasteiger charge is -2.04. The zero-order chi connectivity index (χ0) is 8.97. The maximum atomic E-state index is 11.2. The van der Waals surface area contributed by atoms with E-state index in [9.17, 15) is 4.79 Å². The fraction of sp³-hybridized carbons (Fsp3) is 0.750. The van der Waals surface area contributed by atoms with Gasteiger partial charge in [0.25, 0.3) is 0 Å². The molecule has 0 aromatic rings. The maximum absolute atomic E-state index is 11.2. The molecule has 1 saturated heterocycles. The van der Waals surface area contributed by atoms with Crippen LogP contribution in [0.5, 0.6) is 0 Å². The predicted octanol–water partition coefficient (Wildman–Crippen LogP) is 0.250. The molecule has 4 heteroatoms. The molecule has 0 bridgehead atoms. The molecule has 1 aliphatic heterocycles. The number of amides is 1. The molecular formula is C8H15N3O. The summed E-state index contributed by atoms with van der Waals surface area (Å²) >= 11 is 0. The molecule has 2 N–H and O–H groups in total. The summed E-state index contributed by atoms with van der Waals surface area (Å²) in [6.45, 7) is 2.11. The standard InChI is InChI=1S/C8H15N3O/c1-3-4-5-6-7(12)11-8(9-2)10-6/h6H,3-5H2,1-2H3,(H2,9,10,11,12). The van der Waals surface area contributed by atoms with Crippen LogP contribution >= 0.6 is 0 Å². The van der Waals surface area contributed by atoms with Gasteiger partial charge in [-0.2, -0.15) is 0 Å². The van der Waals surface area contributed by atoms with Crippen molar-refractivity contribution in [3.63, 3.8) is 0 Å². The third kappa shape index (κ3) is 1.96. The fourth-order valence-corrected chi connectivity index (χ4v) is 1.20. The Morgan fingerprint density at radius 3 is 2.83 bits per heavy atom. The lowest BCUT2D eigenvalue weighted by atomic mass is 10.1. The van der Waals surface area contributed by atoms with Crippen LogP contribution in [0.15, 0.2) is 4.99 Å². The molecule has 1 heterocycles. The molecule has 0 radical (unpaired) electrons. The summed E-state index contributed by atoms with van der Waals surface area (Å²) in [5.41, 5.74) is 0. The number of rotatable bonds is 3. The Morgan fingerprint density at radius 1 is 1.58 bits per heavy atom. The van der Waals surface area contributed by atoms with Gasteiger partial charge in [-0.15, -0.1) is 0 Å². The van der Waals surface area contributed by atoms with Gasteiger partial charge in [0.15, 0.2) is 5.96 Å². The number of hydrogen-bond donors (Lipinski definition) is 2. The number of nitrogens with zero attached hydrogens (tertiary/aromatic N) is 1. The predicted molar refractivity (Wildman–Crippen MR) is 48.0 cm³/mol. The number of hydrogen-bond acceptors (Lipinski definition) is 2. The Morgan fingerprint density at radius 2 is 2.33 bits per heavy atom. The average Bonchev–Trinajstić information content (AvgIpc) is 2.43. The largest absolute Gasteiger partial charge is 0.344 e. The van der Waals surface area contributed by atoms with Crippen molar-refractivity contribution < 1.29 is 4.79 Å². The first-order chi connectivity index (χ1) is 5.77. The second-order valence-corrected chi connectivity index (χ2v) is 2.90. The summed E-state index contributed by atoms with van der Waals surface area (Å²) in [5.74, 6) is 0.644. The molecule has 4 nitrogen and oxygen atoms in total. The average molecular weight is 169 g/mol. The highest BCUT2D eigenvalue weighted by atomic mass is 16.2. The molecular weight excluding hydrogens is 154 g/mol. The van der Waals surface area contributed by atoms with Crippen LogP contribution < -0.4 is 10.6 Å². The molecule has 0 aromatic heterocycles. The molecule has 0 spiro atoms. The molecule has 1 aliphatic rings. The van der Waals surface area contributed by atoms with E-state index in [-0.39, 0.29) is 11.9 Å². The van der Waals surface area contributed by atoms with E-state index in [2.05, 4.69) is 22.5 Å². The number of aliphatic imine (C=N–C) groups is 1. The van der Waals surface area contributed by atoms with E-state index in [4.69, 9.17) is 0 Å². The first-order valence-electron chi connectivity index (χ1n) is 4.32. The topological polar surface area (TPSA) is 53.5 Å². The van der Waals surface area contributed by atoms with Crippen molar-refractivity contribution in [1.29, 1.82) is 0 Å². The third-order valence-electron chi connectivity index (χ3n) is 1.94. The Bertz CT molecular complexity index is 200. The van der Waals surface area contributed by atoms with Crippen molar-refractivity contribution in [3.05, 3.63) is 0 Å². The van der Waals surface area contributed by atoms with Gasteiger partial charge in [-0.1, -0.05) is 19.8 Å². The van der Waals surface area contributed by atoms with Crippen LogP contribution in [-0.2, 0) is 4.79 Å². The van der Waals surface area contributed by atoms with Gasteiger partial charge >= 0.3 is 0 Å². The highest BCUT2D eigenvalue weighted by Crippen LogP contribution is 2.03. The third-order valence-corrected chi connectivity index (χ3v) is 1.94. The van der Waals surface area contributed by atoms with Gasteiger partial charge < -0.3 is 5.32 Å². The van der Waals surface area contributed by atoms with Crippen molar-refractivity contribution >= 4 is 11.9 Å². The molecule has 1 fully saturated rings.